The lowest BCUT2D eigenvalue weighted by Crippen LogP contribution is -2.01. The van der Waals surface area contributed by atoms with Crippen molar-refractivity contribution in [2.75, 3.05) is 12.4 Å². The number of hydrogen-bond donors (Lipinski definition) is 1. The fraction of sp³-hybridized carbons (Fsp3) is 0.231. The molecule has 1 aromatic carbocycles. The molecule has 0 fully saturated rings. The van der Waals surface area contributed by atoms with Gasteiger partial charge in [-0.1, -0.05) is 18.2 Å². The van der Waals surface area contributed by atoms with E-state index in [2.05, 4.69) is 31.2 Å². The van der Waals surface area contributed by atoms with Crippen LogP contribution in [0.5, 0.6) is 0 Å². The number of aryl methyl sites for hydroxylation is 1. The minimum atomic E-state index is -2.50. The zero-order chi connectivity index (χ0) is 14.0. The molecule has 2 rings (SSSR count). The van der Waals surface area contributed by atoms with Gasteiger partial charge in [0.05, 0.1) is 10.2 Å². The topological polar surface area (TPSA) is 37.8 Å². The minimum absolute atomic E-state index is 0.0346. The number of aromatic nitrogens is 2. The molecule has 2 aromatic rings. The van der Waals surface area contributed by atoms with Crippen LogP contribution in [-0.2, 0) is 0 Å². The van der Waals surface area contributed by atoms with Gasteiger partial charge < -0.3 is 5.32 Å². The maximum atomic E-state index is 12.7. The van der Waals surface area contributed by atoms with E-state index in [0.717, 1.165) is 10.2 Å². The third-order valence-electron chi connectivity index (χ3n) is 2.65. The molecule has 0 aliphatic heterocycles. The Hall–Kier alpha value is -1.56. The van der Waals surface area contributed by atoms with Crippen LogP contribution in [-0.4, -0.2) is 17.0 Å². The SMILES string of the molecule is CNc1nc(-c2cccc(C(F)F)c2)nc(C)c1Br. The zero-order valence-corrected chi connectivity index (χ0v) is 12.0. The van der Waals surface area contributed by atoms with Gasteiger partial charge in [-0.15, -0.1) is 0 Å². The number of nitrogens with zero attached hydrogens (tertiary/aromatic N) is 2. The van der Waals surface area contributed by atoms with Crippen LogP contribution in [0.2, 0.25) is 0 Å². The van der Waals surface area contributed by atoms with Crippen molar-refractivity contribution in [1.29, 1.82) is 0 Å². The lowest BCUT2D eigenvalue weighted by molar-refractivity contribution is 0.151. The Kier molecular flexibility index (Phi) is 4.09. The Labute approximate surface area is 118 Å². The molecule has 6 heteroatoms. The Morgan fingerprint density at radius 3 is 2.63 bits per heavy atom. The first-order chi connectivity index (χ1) is 9.02. The lowest BCUT2D eigenvalue weighted by Gasteiger charge is -2.09. The van der Waals surface area contributed by atoms with Crippen LogP contribution in [0.3, 0.4) is 0 Å². The molecule has 0 aliphatic carbocycles. The average Bonchev–Trinajstić information content (AvgIpc) is 2.41. The van der Waals surface area contributed by atoms with Gasteiger partial charge in [-0.3, -0.25) is 0 Å². The van der Waals surface area contributed by atoms with Crippen LogP contribution in [0.4, 0.5) is 14.6 Å². The number of rotatable bonds is 3. The Morgan fingerprint density at radius 2 is 2.00 bits per heavy atom. The molecular formula is C13H12BrF2N3. The summed E-state index contributed by atoms with van der Waals surface area (Å²) in [7, 11) is 1.74. The molecule has 100 valence electrons. The number of nitrogens with one attached hydrogen (secondary N) is 1. The van der Waals surface area contributed by atoms with Gasteiger partial charge in [0.2, 0.25) is 0 Å². The third kappa shape index (κ3) is 2.89. The van der Waals surface area contributed by atoms with E-state index in [4.69, 9.17) is 0 Å². The Morgan fingerprint density at radius 1 is 1.26 bits per heavy atom. The van der Waals surface area contributed by atoms with Gasteiger partial charge in [-0.05, 0) is 28.9 Å². The largest absolute Gasteiger partial charge is 0.372 e. The van der Waals surface area contributed by atoms with Crippen molar-refractivity contribution in [3.63, 3.8) is 0 Å². The molecule has 1 N–H and O–H groups in total. The van der Waals surface area contributed by atoms with E-state index in [-0.39, 0.29) is 5.56 Å². The summed E-state index contributed by atoms with van der Waals surface area (Å²) in [6.45, 7) is 1.83. The lowest BCUT2D eigenvalue weighted by atomic mass is 10.1. The highest BCUT2D eigenvalue weighted by Gasteiger charge is 2.12. The standard InChI is InChI=1S/C13H12BrF2N3/c1-7-10(14)13(17-2)19-12(18-7)9-5-3-4-8(6-9)11(15)16/h3-6,11H,1-2H3,(H,17,18,19). The van der Waals surface area contributed by atoms with E-state index in [0.29, 0.717) is 17.2 Å². The van der Waals surface area contributed by atoms with Crippen molar-refractivity contribution < 1.29 is 8.78 Å². The summed E-state index contributed by atoms with van der Waals surface area (Å²) in [5.74, 6) is 1.05. The second kappa shape index (κ2) is 5.61. The van der Waals surface area contributed by atoms with Gasteiger partial charge in [0.25, 0.3) is 6.43 Å². The van der Waals surface area contributed by atoms with Crippen LogP contribution < -0.4 is 5.32 Å². The molecule has 0 saturated heterocycles. The first kappa shape index (κ1) is 13.9. The number of hydrogen-bond acceptors (Lipinski definition) is 3. The van der Waals surface area contributed by atoms with Crippen molar-refractivity contribution in [3.8, 4) is 11.4 Å². The summed E-state index contributed by atoms with van der Waals surface area (Å²) in [5, 5.41) is 2.94. The molecular weight excluding hydrogens is 316 g/mol. The van der Waals surface area contributed by atoms with Crippen LogP contribution in [0.15, 0.2) is 28.7 Å². The normalized spacial score (nSPS) is 10.8. The van der Waals surface area contributed by atoms with E-state index in [1.165, 1.54) is 12.1 Å². The summed E-state index contributed by atoms with van der Waals surface area (Å²) in [5.41, 5.74) is 1.29. The molecule has 1 aromatic heterocycles. The zero-order valence-electron chi connectivity index (χ0n) is 10.4. The van der Waals surface area contributed by atoms with Gasteiger partial charge in [0.15, 0.2) is 5.82 Å². The van der Waals surface area contributed by atoms with E-state index in [1.807, 2.05) is 6.92 Å². The number of anilines is 1. The highest BCUT2D eigenvalue weighted by atomic mass is 79.9. The fourth-order valence-electron chi connectivity index (χ4n) is 1.67. The Balaban J connectivity index is 2.53. The summed E-state index contributed by atoms with van der Waals surface area (Å²) >= 11 is 3.38. The van der Waals surface area contributed by atoms with Gasteiger partial charge in [-0.2, -0.15) is 0 Å². The van der Waals surface area contributed by atoms with E-state index < -0.39 is 6.43 Å². The quantitative estimate of drug-likeness (QED) is 0.918. The number of benzene rings is 1. The molecule has 0 amide bonds. The molecule has 0 radical (unpaired) electrons. The summed E-state index contributed by atoms with van der Waals surface area (Å²) in [6, 6.07) is 6.09. The van der Waals surface area contributed by atoms with E-state index in [1.54, 1.807) is 19.2 Å². The molecule has 1 heterocycles. The molecule has 0 bridgehead atoms. The predicted molar refractivity (Wildman–Crippen MR) is 74.4 cm³/mol. The van der Waals surface area contributed by atoms with Crippen molar-refractivity contribution in [1.82, 2.24) is 9.97 Å². The molecule has 3 nitrogen and oxygen atoms in total. The monoisotopic (exact) mass is 327 g/mol. The first-order valence-corrected chi connectivity index (χ1v) is 6.42. The van der Waals surface area contributed by atoms with Crippen LogP contribution in [0, 0.1) is 6.92 Å². The average molecular weight is 328 g/mol. The summed E-state index contributed by atoms with van der Waals surface area (Å²) < 4.78 is 26.1. The maximum absolute atomic E-state index is 12.7. The summed E-state index contributed by atoms with van der Waals surface area (Å²) in [6.07, 6.45) is -2.50. The third-order valence-corrected chi connectivity index (χ3v) is 3.60. The van der Waals surface area contributed by atoms with Crippen molar-refractivity contribution >= 4 is 21.7 Å². The minimum Gasteiger partial charge on any atom is -0.372 e. The summed E-state index contributed by atoms with van der Waals surface area (Å²) in [4.78, 5) is 8.62. The highest BCUT2D eigenvalue weighted by molar-refractivity contribution is 9.10. The van der Waals surface area contributed by atoms with Crippen LogP contribution in [0.25, 0.3) is 11.4 Å². The van der Waals surface area contributed by atoms with Crippen molar-refractivity contribution in [3.05, 3.63) is 40.0 Å². The number of halogens is 3. The molecule has 19 heavy (non-hydrogen) atoms. The molecule has 0 saturated carbocycles. The predicted octanol–water partition coefficient (Wildman–Crippen LogP) is 4.19. The smallest absolute Gasteiger partial charge is 0.263 e. The van der Waals surface area contributed by atoms with E-state index in [9.17, 15) is 8.78 Å². The number of alkyl halides is 2. The van der Waals surface area contributed by atoms with Gasteiger partial charge in [0, 0.05) is 18.2 Å². The molecule has 0 spiro atoms. The Bertz CT molecular complexity index is 602. The molecule has 0 atom stereocenters. The second-order valence-corrected chi connectivity index (χ2v) is 4.76. The highest BCUT2D eigenvalue weighted by Crippen LogP contribution is 2.28. The van der Waals surface area contributed by atoms with Gasteiger partial charge in [0.1, 0.15) is 5.82 Å². The van der Waals surface area contributed by atoms with Crippen molar-refractivity contribution in [2.45, 2.75) is 13.3 Å². The fourth-order valence-corrected chi connectivity index (χ4v) is 2.04. The van der Waals surface area contributed by atoms with Crippen LogP contribution >= 0.6 is 15.9 Å². The molecule has 0 unspecified atom stereocenters. The molecule has 0 aliphatic rings. The van der Waals surface area contributed by atoms with Gasteiger partial charge >= 0.3 is 0 Å². The van der Waals surface area contributed by atoms with Crippen molar-refractivity contribution in [2.24, 2.45) is 0 Å². The van der Waals surface area contributed by atoms with Gasteiger partial charge in [-0.25, -0.2) is 18.7 Å². The van der Waals surface area contributed by atoms with Crippen LogP contribution in [0.1, 0.15) is 17.7 Å². The van der Waals surface area contributed by atoms with E-state index >= 15 is 0 Å². The first-order valence-electron chi connectivity index (χ1n) is 5.63. The maximum Gasteiger partial charge on any atom is 0.263 e. The second-order valence-electron chi connectivity index (χ2n) is 3.97.